The van der Waals surface area contributed by atoms with Gasteiger partial charge >= 0.3 is 5.97 Å². The first kappa shape index (κ1) is 15.3. The third-order valence-corrected chi connectivity index (χ3v) is 3.62. The van der Waals surface area contributed by atoms with Crippen LogP contribution in [0.3, 0.4) is 0 Å². The molecule has 9 heteroatoms. The third-order valence-electron chi connectivity index (χ3n) is 1.94. The third kappa shape index (κ3) is 6.13. The van der Waals surface area contributed by atoms with Crippen LogP contribution in [0.5, 0.6) is 0 Å². The number of thiophene rings is 1. The van der Waals surface area contributed by atoms with Gasteiger partial charge in [0.2, 0.25) is 10.0 Å². The maximum absolute atomic E-state index is 11.6. The van der Waals surface area contributed by atoms with E-state index in [9.17, 15) is 18.0 Å². The highest BCUT2D eigenvalue weighted by Gasteiger charge is 2.09. The van der Waals surface area contributed by atoms with Crippen LogP contribution < -0.4 is 10.5 Å². The zero-order valence-corrected chi connectivity index (χ0v) is 11.3. The van der Waals surface area contributed by atoms with E-state index in [-0.39, 0.29) is 12.3 Å². The van der Waals surface area contributed by atoms with Gasteiger partial charge in [0.05, 0.1) is 11.3 Å². The summed E-state index contributed by atoms with van der Waals surface area (Å²) in [5, 5.41) is 17.2. The molecule has 1 amide bonds. The average molecular weight is 304 g/mol. The van der Waals surface area contributed by atoms with Gasteiger partial charge in [0, 0.05) is 22.9 Å². The van der Waals surface area contributed by atoms with Gasteiger partial charge < -0.3 is 10.4 Å². The lowest BCUT2D eigenvalue weighted by molar-refractivity contribution is -0.131. The van der Waals surface area contributed by atoms with Gasteiger partial charge in [0.15, 0.2) is 0 Å². The van der Waals surface area contributed by atoms with Gasteiger partial charge in [-0.1, -0.05) is 0 Å². The predicted octanol–water partition coefficient (Wildman–Crippen LogP) is -0.136. The van der Waals surface area contributed by atoms with E-state index < -0.39 is 21.9 Å². The Morgan fingerprint density at radius 1 is 1.47 bits per heavy atom. The quantitative estimate of drug-likeness (QED) is 0.631. The lowest BCUT2D eigenvalue weighted by Gasteiger charge is -2.01. The number of nitrogens with one attached hydrogen (secondary N) is 1. The van der Waals surface area contributed by atoms with Gasteiger partial charge in [0.1, 0.15) is 0 Å². The number of sulfonamides is 1. The summed E-state index contributed by atoms with van der Waals surface area (Å²) in [5.74, 6) is -1.85. The highest BCUT2D eigenvalue weighted by atomic mass is 32.2. The topological polar surface area (TPSA) is 127 Å². The number of carbonyl (C=O) groups excluding carboxylic acids is 1. The number of carboxylic acid groups (broad SMARTS) is 1. The van der Waals surface area contributed by atoms with Crippen molar-refractivity contribution in [1.82, 2.24) is 5.32 Å². The standard InChI is InChI=1S/C10H12N2O5S2/c11-19(16,17)4-3-12-10(15)7-5-8(18-6-7)1-2-9(13)14/h1-2,5-6H,3-4H2,(H,12,15)(H,13,14)(H2,11,16,17). The Morgan fingerprint density at radius 3 is 2.74 bits per heavy atom. The van der Waals surface area contributed by atoms with Crippen molar-refractivity contribution in [3.8, 4) is 0 Å². The highest BCUT2D eigenvalue weighted by Crippen LogP contribution is 2.16. The van der Waals surface area contributed by atoms with Crippen LogP contribution in [0, 0.1) is 0 Å². The summed E-state index contributed by atoms with van der Waals surface area (Å²) in [6, 6.07) is 1.51. The summed E-state index contributed by atoms with van der Waals surface area (Å²) >= 11 is 1.20. The molecule has 7 nitrogen and oxygen atoms in total. The summed E-state index contributed by atoms with van der Waals surface area (Å²) in [7, 11) is -3.60. The van der Waals surface area contributed by atoms with Crippen molar-refractivity contribution >= 4 is 39.3 Å². The molecule has 1 rings (SSSR count). The molecule has 0 unspecified atom stereocenters. The fraction of sp³-hybridized carbons (Fsp3) is 0.200. The molecule has 0 saturated heterocycles. The second-order valence-corrected chi connectivity index (χ2v) is 6.21. The summed E-state index contributed by atoms with van der Waals surface area (Å²) < 4.78 is 21.3. The zero-order valence-electron chi connectivity index (χ0n) is 9.70. The number of primary sulfonamides is 1. The van der Waals surface area contributed by atoms with E-state index in [2.05, 4.69) is 5.32 Å². The predicted molar refractivity (Wildman–Crippen MR) is 71.3 cm³/mol. The Hall–Kier alpha value is -1.71. The fourth-order valence-corrected chi connectivity index (χ4v) is 2.29. The maximum Gasteiger partial charge on any atom is 0.328 e. The number of hydrogen-bond acceptors (Lipinski definition) is 5. The lowest BCUT2D eigenvalue weighted by Crippen LogP contribution is -2.31. The van der Waals surface area contributed by atoms with Crippen molar-refractivity contribution in [3.05, 3.63) is 28.0 Å². The van der Waals surface area contributed by atoms with Crippen LogP contribution in [-0.4, -0.2) is 37.7 Å². The Kier molecular flexibility index (Phi) is 5.21. The number of rotatable bonds is 6. The molecule has 0 saturated carbocycles. The molecule has 1 heterocycles. The molecule has 0 aliphatic rings. The summed E-state index contributed by atoms with van der Waals surface area (Å²) in [6.45, 7) is -0.0756. The molecule has 104 valence electrons. The monoisotopic (exact) mass is 304 g/mol. The molecule has 0 aromatic carbocycles. The first-order chi connectivity index (χ1) is 8.78. The van der Waals surface area contributed by atoms with Crippen LogP contribution in [0.15, 0.2) is 17.5 Å². The molecule has 0 aliphatic heterocycles. The van der Waals surface area contributed by atoms with Gasteiger partial charge in [-0.05, 0) is 12.1 Å². The molecule has 0 atom stereocenters. The van der Waals surface area contributed by atoms with E-state index in [0.717, 1.165) is 6.08 Å². The van der Waals surface area contributed by atoms with Crippen molar-refractivity contribution in [2.24, 2.45) is 5.14 Å². The maximum atomic E-state index is 11.6. The fourth-order valence-electron chi connectivity index (χ4n) is 1.12. The number of amides is 1. The summed E-state index contributed by atoms with van der Waals surface area (Å²) in [6.07, 6.45) is 2.34. The van der Waals surface area contributed by atoms with Crippen molar-refractivity contribution in [3.63, 3.8) is 0 Å². The number of aliphatic carboxylic acids is 1. The first-order valence-electron chi connectivity index (χ1n) is 5.06. The van der Waals surface area contributed by atoms with Crippen LogP contribution in [0.4, 0.5) is 0 Å². The highest BCUT2D eigenvalue weighted by molar-refractivity contribution is 7.89. The van der Waals surface area contributed by atoms with Crippen molar-refractivity contribution in [1.29, 1.82) is 0 Å². The molecule has 0 spiro atoms. The van der Waals surface area contributed by atoms with E-state index in [1.54, 1.807) is 5.38 Å². The molecular formula is C10H12N2O5S2. The Morgan fingerprint density at radius 2 is 2.16 bits per heavy atom. The Labute approximate surface area is 113 Å². The van der Waals surface area contributed by atoms with E-state index in [0.29, 0.717) is 10.4 Å². The normalized spacial score (nSPS) is 11.6. The van der Waals surface area contributed by atoms with Gasteiger partial charge in [-0.3, -0.25) is 4.79 Å². The first-order valence-corrected chi connectivity index (χ1v) is 7.65. The van der Waals surface area contributed by atoms with E-state index in [1.807, 2.05) is 0 Å². The summed E-state index contributed by atoms with van der Waals surface area (Å²) in [5.41, 5.74) is 0.337. The number of carboxylic acids is 1. The van der Waals surface area contributed by atoms with Crippen LogP contribution in [0.1, 0.15) is 15.2 Å². The SMILES string of the molecule is NS(=O)(=O)CCNC(=O)c1csc(C=CC(=O)O)c1. The molecular weight excluding hydrogens is 292 g/mol. The van der Waals surface area contributed by atoms with Gasteiger partial charge in [-0.25, -0.2) is 18.4 Å². The molecule has 0 fully saturated rings. The minimum Gasteiger partial charge on any atom is -0.478 e. The Bertz CT molecular complexity index is 603. The molecule has 19 heavy (non-hydrogen) atoms. The molecule has 4 N–H and O–H groups in total. The van der Waals surface area contributed by atoms with Gasteiger partial charge in [-0.2, -0.15) is 0 Å². The van der Waals surface area contributed by atoms with Gasteiger partial charge in [-0.15, -0.1) is 11.3 Å². The van der Waals surface area contributed by atoms with E-state index in [1.165, 1.54) is 23.5 Å². The van der Waals surface area contributed by atoms with E-state index >= 15 is 0 Å². The minimum absolute atomic E-state index is 0.0756. The molecule has 1 aromatic rings. The molecule has 0 radical (unpaired) electrons. The smallest absolute Gasteiger partial charge is 0.328 e. The van der Waals surface area contributed by atoms with Crippen LogP contribution in [-0.2, 0) is 14.8 Å². The largest absolute Gasteiger partial charge is 0.478 e. The van der Waals surface area contributed by atoms with Crippen LogP contribution in [0.2, 0.25) is 0 Å². The molecule has 0 bridgehead atoms. The minimum atomic E-state index is -3.60. The molecule has 1 aromatic heterocycles. The number of carbonyl (C=O) groups is 2. The Balaban J connectivity index is 2.56. The van der Waals surface area contributed by atoms with Crippen LogP contribution in [0.25, 0.3) is 6.08 Å². The second kappa shape index (κ2) is 6.45. The van der Waals surface area contributed by atoms with Crippen molar-refractivity contribution < 1.29 is 23.1 Å². The average Bonchev–Trinajstić information content (AvgIpc) is 2.73. The van der Waals surface area contributed by atoms with E-state index in [4.69, 9.17) is 10.2 Å². The molecule has 0 aliphatic carbocycles. The number of hydrogen-bond donors (Lipinski definition) is 3. The van der Waals surface area contributed by atoms with Crippen molar-refractivity contribution in [2.75, 3.05) is 12.3 Å². The second-order valence-electron chi connectivity index (χ2n) is 3.53. The number of nitrogens with two attached hydrogens (primary N) is 1. The van der Waals surface area contributed by atoms with Crippen LogP contribution >= 0.6 is 11.3 Å². The van der Waals surface area contributed by atoms with Crippen molar-refractivity contribution in [2.45, 2.75) is 0 Å². The van der Waals surface area contributed by atoms with Gasteiger partial charge in [0.25, 0.3) is 5.91 Å². The lowest BCUT2D eigenvalue weighted by atomic mass is 10.3. The zero-order chi connectivity index (χ0) is 14.5. The summed E-state index contributed by atoms with van der Waals surface area (Å²) in [4.78, 5) is 22.5.